The number of rotatable bonds is 10. The van der Waals surface area contributed by atoms with Crippen molar-refractivity contribution in [3.8, 4) is 23.3 Å². The summed E-state index contributed by atoms with van der Waals surface area (Å²) in [5.41, 5.74) is 0.904. The normalized spacial score (nSPS) is 9.95. The fraction of sp³-hybridized carbons (Fsp3) is 0.600. The SMILES string of the molecule is CCCCCCCCCCC#Cc1cc(OC)ccc1OC. The molecule has 0 aliphatic rings. The highest BCUT2D eigenvalue weighted by molar-refractivity contribution is 5.50. The zero-order chi connectivity index (χ0) is 16.0. The van der Waals surface area contributed by atoms with E-state index < -0.39 is 0 Å². The van der Waals surface area contributed by atoms with Crippen molar-refractivity contribution in [1.29, 1.82) is 0 Å². The van der Waals surface area contributed by atoms with Crippen molar-refractivity contribution in [2.75, 3.05) is 14.2 Å². The Bertz CT molecular complexity index is 468. The topological polar surface area (TPSA) is 18.5 Å². The number of ether oxygens (including phenoxy) is 2. The van der Waals surface area contributed by atoms with Gasteiger partial charge in [-0.25, -0.2) is 0 Å². The van der Waals surface area contributed by atoms with E-state index >= 15 is 0 Å². The van der Waals surface area contributed by atoms with Crippen LogP contribution in [-0.2, 0) is 0 Å². The molecule has 0 atom stereocenters. The lowest BCUT2D eigenvalue weighted by Gasteiger charge is -2.05. The molecular formula is C20H30O2. The van der Waals surface area contributed by atoms with Gasteiger partial charge in [0.1, 0.15) is 11.5 Å². The molecule has 2 heteroatoms. The minimum Gasteiger partial charge on any atom is -0.497 e. The average molecular weight is 302 g/mol. The molecule has 0 amide bonds. The third kappa shape index (κ3) is 7.41. The van der Waals surface area contributed by atoms with E-state index in [0.29, 0.717) is 0 Å². The molecule has 22 heavy (non-hydrogen) atoms. The summed E-state index contributed by atoms with van der Waals surface area (Å²) in [6.07, 6.45) is 11.6. The molecular weight excluding hydrogens is 272 g/mol. The zero-order valence-corrected chi connectivity index (χ0v) is 14.4. The Labute approximate surface area is 136 Å². The van der Waals surface area contributed by atoms with E-state index in [2.05, 4.69) is 18.8 Å². The molecule has 0 heterocycles. The molecule has 0 saturated heterocycles. The van der Waals surface area contributed by atoms with Gasteiger partial charge in [-0.15, -0.1) is 0 Å². The second kappa shape index (κ2) is 12.0. The lowest BCUT2D eigenvalue weighted by Crippen LogP contribution is -1.90. The highest BCUT2D eigenvalue weighted by atomic mass is 16.5. The van der Waals surface area contributed by atoms with Gasteiger partial charge in [0.15, 0.2) is 0 Å². The summed E-state index contributed by atoms with van der Waals surface area (Å²) in [6.45, 7) is 2.26. The van der Waals surface area contributed by atoms with Crippen LogP contribution in [-0.4, -0.2) is 14.2 Å². The standard InChI is InChI=1S/C20H30O2/c1-4-5-6-7-8-9-10-11-12-13-14-18-17-19(21-2)15-16-20(18)22-3/h15-17H,4-12H2,1-3H3. The number of hydrogen-bond donors (Lipinski definition) is 0. The summed E-state index contributed by atoms with van der Waals surface area (Å²) in [6, 6.07) is 5.72. The lowest BCUT2D eigenvalue weighted by atomic mass is 10.1. The van der Waals surface area contributed by atoms with Crippen molar-refractivity contribution in [3.05, 3.63) is 23.8 Å². The highest BCUT2D eigenvalue weighted by Crippen LogP contribution is 2.22. The van der Waals surface area contributed by atoms with E-state index in [0.717, 1.165) is 23.5 Å². The van der Waals surface area contributed by atoms with E-state index in [-0.39, 0.29) is 0 Å². The molecule has 0 unspecified atom stereocenters. The second-order valence-electron chi connectivity index (χ2n) is 5.59. The second-order valence-corrected chi connectivity index (χ2v) is 5.59. The number of unbranched alkanes of at least 4 members (excludes halogenated alkanes) is 8. The first kappa shape index (κ1) is 18.4. The number of methoxy groups -OCH3 is 2. The van der Waals surface area contributed by atoms with Crippen molar-refractivity contribution in [2.45, 2.75) is 64.7 Å². The molecule has 0 fully saturated rings. The number of hydrogen-bond acceptors (Lipinski definition) is 2. The molecule has 1 aromatic rings. The van der Waals surface area contributed by atoms with Gasteiger partial charge in [0, 0.05) is 6.42 Å². The van der Waals surface area contributed by atoms with Gasteiger partial charge >= 0.3 is 0 Å². The summed E-state index contributed by atoms with van der Waals surface area (Å²) in [5.74, 6) is 8.08. The fourth-order valence-corrected chi connectivity index (χ4v) is 2.42. The molecule has 0 N–H and O–H groups in total. The predicted octanol–water partition coefficient (Wildman–Crippen LogP) is 5.59. The predicted molar refractivity (Wildman–Crippen MR) is 93.7 cm³/mol. The van der Waals surface area contributed by atoms with Crippen molar-refractivity contribution in [2.24, 2.45) is 0 Å². The van der Waals surface area contributed by atoms with Crippen molar-refractivity contribution < 1.29 is 9.47 Å². The Hall–Kier alpha value is -1.62. The van der Waals surface area contributed by atoms with Crippen LogP contribution in [0, 0.1) is 11.8 Å². The first-order valence-electron chi connectivity index (χ1n) is 8.52. The molecule has 0 radical (unpaired) electrons. The maximum atomic E-state index is 5.33. The molecule has 0 aliphatic heterocycles. The Kier molecular flexibility index (Phi) is 10.0. The van der Waals surface area contributed by atoms with E-state index in [9.17, 15) is 0 Å². The maximum absolute atomic E-state index is 5.33. The zero-order valence-electron chi connectivity index (χ0n) is 14.4. The van der Waals surface area contributed by atoms with Crippen LogP contribution in [0.4, 0.5) is 0 Å². The van der Waals surface area contributed by atoms with Gasteiger partial charge in [-0.1, -0.05) is 63.7 Å². The Morgan fingerprint density at radius 3 is 2.18 bits per heavy atom. The van der Waals surface area contributed by atoms with Crippen LogP contribution in [0.15, 0.2) is 18.2 Å². The molecule has 0 aliphatic carbocycles. The Balaban J connectivity index is 2.26. The highest BCUT2D eigenvalue weighted by Gasteiger charge is 2.01. The monoisotopic (exact) mass is 302 g/mol. The lowest BCUT2D eigenvalue weighted by molar-refractivity contribution is 0.402. The molecule has 122 valence electrons. The van der Waals surface area contributed by atoms with Crippen molar-refractivity contribution in [3.63, 3.8) is 0 Å². The molecule has 2 nitrogen and oxygen atoms in total. The van der Waals surface area contributed by atoms with Crippen molar-refractivity contribution >= 4 is 0 Å². The van der Waals surface area contributed by atoms with E-state index in [1.807, 2.05) is 18.2 Å². The fourth-order valence-electron chi connectivity index (χ4n) is 2.42. The first-order valence-corrected chi connectivity index (χ1v) is 8.52. The Morgan fingerprint density at radius 1 is 0.864 bits per heavy atom. The maximum Gasteiger partial charge on any atom is 0.134 e. The van der Waals surface area contributed by atoms with Crippen molar-refractivity contribution in [1.82, 2.24) is 0 Å². The third-order valence-corrected chi connectivity index (χ3v) is 3.79. The number of benzene rings is 1. The largest absolute Gasteiger partial charge is 0.497 e. The van der Waals surface area contributed by atoms with Gasteiger partial charge < -0.3 is 9.47 Å². The van der Waals surface area contributed by atoms with Crippen LogP contribution in [0.5, 0.6) is 11.5 Å². The smallest absolute Gasteiger partial charge is 0.134 e. The molecule has 0 spiro atoms. The van der Waals surface area contributed by atoms with Crippen LogP contribution in [0.25, 0.3) is 0 Å². The first-order chi connectivity index (χ1) is 10.8. The van der Waals surface area contributed by atoms with Gasteiger partial charge in [-0.2, -0.15) is 0 Å². The van der Waals surface area contributed by atoms with Crippen LogP contribution in [0.2, 0.25) is 0 Å². The van der Waals surface area contributed by atoms with Crippen LogP contribution in [0.3, 0.4) is 0 Å². The van der Waals surface area contributed by atoms with Gasteiger partial charge in [0.2, 0.25) is 0 Å². The molecule has 0 bridgehead atoms. The summed E-state index contributed by atoms with van der Waals surface area (Å²) in [4.78, 5) is 0. The van der Waals surface area contributed by atoms with Crippen LogP contribution >= 0.6 is 0 Å². The molecule has 0 aromatic heterocycles. The van der Waals surface area contributed by atoms with Gasteiger partial charge in [0.05, 0.1) is 19.8 Å². The minimum absolute atomic E-state index is 0.809. The summed E-state index contributed by atoms with van der Waals surface area (Å²) < 4.78 is 10.6. The van der Waals surface area contributed by atoms with Gasteiger partial charge in [-0.05, 0) is 24.6 Å². The van der Waals surface area contributed by atoms with Crippen LogP contribution in [0.1, 0.15) is 70.3 Å². The molecule has 1 aromatic carbocycles. The quantitative estimate of drug-likeness (QED) is 0.414. The molecule has 1 rings (SSSR count). The van der Waals surface area contributed by atoms with E-state index in [4.69, 9.17) is 9.47 Å². The van der Waals surface area contributed by atoms with Gasteiger partial charge in [-0.3, -0.25) is 0 Å². The van der Waals surface area contributed by atoms with Gasteiger partial charge in [0.25, 0.3) is 0 Å². The summed E-state index contributed by atoms with van der Waals surface area (Å²) in [5, 5.41) is 0. The van der Waals surface area contributed by atoms with E-state index in [1.165, 1.54) is 51.4 Å². The van der Waals surface area contributed by atoms with E-state index in [1.54, 1.807) is 14.2 Å². The average Bonchev–Trinajstić information content (AvgIpc) is 2.56. The third-order valence-electron chi connectivity index (χ3n) is 3.79. The summed E-state index contributed by atoms with van der Waals surface area (Å²) in [7, 11) is 3.34. The Morgan fingerprint density at radius 2 is 1.55 bits per heavy atom. The van der Waals surface area contributed by atoms with Crippen LogP contribution < -0.4 is 9.47 Å². The minimum atomic E-state index is 0.809. The summed E-state index contributed by atoms with van der Waals surface area (Å²) >= 11 is 0. The molecule has 0 saturated carbocycles.